The number of anilines is 1. The van der Waals surface area contributed by atoms with Crippen LogP contribution in [-0.2, 0) is 4.79 Å². The highest BCUT2D eigenvalue weighted by atomic mass is 16.1. The minimum atomic E-state index is 0.193. The molecule has 1 N–H and O–H groups in total. The van der Waals surface area contributed by atoms with E-state index >= 15 is 0 Å². The van der Waals surface area contributed by atoms with Crippen molar-refractivity contribution in [3.8, 4) is 22.3 Å². The first kappa shape index (κ1) is 16.3. The van der Waals surface area contributed by atoms with E-state index in [1.165, 1.54) is 0 Å². The van der Waals surface area contributed by atoms with Gasteiger partial charge in [-0.05, 0) is 24.0 Å². The molecule has 0 radical (unpaired) electrons. The van der Waals surface area contributed by atoms with Crippen LogP contribution < -0.4 is 5.32 Å². The lowest BCUT2D eigenvalue weighted by Crippen LogP contribution is -2.15. The van der Waals surface area contributed by atoms with Crippen molar-refractivity contribution in [1.29, 1.82) is 0 Å². The molecule has 0 bridgehead atoms. The summed E-state index contributed by atoms with van der Waals surface area (Å²) in [5.41, 5.74) is 6.19. The average molecular weight is 339 g/mol. The third-order valence-electron chi connectivity index (χ3n) is 4.75. The molecule has 1 aliphatic rings. The number of allylic oxidation sites excluding steroid dienone is 2. The van der Waals surface area contributed by atoms with Crippen LogP contribution in [0.2, 0.25) is 0 Å². The Morgan fingerprint density at radius 1 is 0.692 bits per heavy atom. The molecule has 0 aromatic heterocycles. The van der Waals surface area contributed by atoms with Crippen molar-refractivity contribution < 1.29 is 4.79 Å². The molecular formula is C24H21NO. The summed E-state index contributed by atoms with van der Waals surface area (Å²) in [6, 6.07) is 26.9. The van der Waals surface area contributed by atoms with Gasteiger partial charge in [-0.25, -0.2) is 0 Å². The first-order valence-corrected chi connectivity index (χ1v) is 9.07. The van der Waals surface area contributed by atoms with E-state index in [0.717, 1.165) is 46.5 Å². The Balaban J connectivity index is 1.87. The second kappa shape index (κ2) is 7.40. The number of hydrogen-bond acceptors (Lipinski definition) is 2. The maximum atomic E-state index is 12.4. The van der Waals surface area contributed by atoms with Crippen LogP contribution >= 0.6 is 0 Å². The van der Waals surface area contributed by atoms with Gasteiger partial charge in [-0.15, -0.1) is 0 Å². The maximum Gasteiger partial charge on any atom is 0.178 e. The van der Waals surface area contributed by atoms with Gasteiger partial charge in [-0.1, -0.05) is 84.9 Å². The molecule has 0 saturated carbocycles. The van der Waals surface area contributed by atoms with Crippen LogP contribution in [0.5, 0.6) is 0 Å². The van der Waals surface area contributed by atoms with Gasteiger partial charge in [0.2, 0.25) is 0 Å². The SMILES string of the molecule is O=C1CCCC=C1Nc1c(-c2ccccc2)cccc1-c1ccccc1. The van der Waals surface area contributed by atoms with E-state index in [1.54, 1.807) is 0 Å². The van der Waals surface area contributed by atoms with E-state index in [1.807, 2.05) is 42.5 Å². The summed E-state index contributed by atoms with van der Waals surface area (Å²) in [6.07, 6.45) is 4.54. The molecule has 2 nitrogen and oxygen atoms in total. The Labute approximate surface area is 154 Å². The topological polar surface area (TPSA) is 29.1 Å². The number of rotatable bonds is 4. The molecule has 0 spiro atoms. The maximum absolute atomic E-state index is 12.4. The molecule has 1 aliphatic carbocycles. The molecule has 128 valence electrons. The van der Waals surface area contributed by atoms with Gasteiger partial charge >= 0.3 is 0 Å². The van der Waals surface area contributed by atoms with Crippen LogP contribution in [-0.4, -0.2) is 5.78 Å². The van der Waals surface area contributed by atoms with E-state index in [0.29, 0.717) is 6.42 Å². The summed E-state index contributed by atoms with van der Waals surface area (Å²) in [7, 11) is 0. The Hall–Kier alpha value is -3.13. The van der Waals surface area contributed by atoms with Gasteiger partial charge in [-0.3, -0.25) is 4.79 Å². The number of carbonyl (C=O) groups excluding carboxylic acids is 1. The molecule has 4 rings (SSSR count). The van der Waals surface area contributed by atoms with Crippen molar-refractivity contribution in [2.24, 2.45) is 0 Å². The van der Waals surface area contributed by atoms with Crippen molar-refractivity contribution in [3.05, 3.63) is 90.6 Å². The monoisotopic (exact) mass is 339 g/mol. The summed E-state index contributed by atoms with van der Waals surface area (Å²) in [6.45, 7) is 0. The van der Waals surface area contributed by atoms with Gasteiger partial charge < -0.3 is 5.32 Å². The third kappa shape index (κ3) is 3.31. The van der Waals surface area contributed by atoms with Crippen LogP contribution in [0.3, 0.4) is 0 Å². The van der Waals surface area contributed by atoms with Crippen molar-refractivity contribution >= 4 is 11.5 Å². The summed E-state index contributed by atoms with van der Waals surface area (Å²) in [5, 5.41) is 3.48. The normalized spacial score (nSPS) is 14.0. The smallest absolute Gasteiger partial charge is 0.178 e. The highest BCUT2D eigenvalue weighted by Gasteiger charge is 2.18. The summed E-state index contributed by atoms with van der Waals surface area (Å²) in [5.74, 6) is 0.193. The van der Waals surface area contributed by atoms with Crippen LogP contribution in [0.4, 0.5) is 5.69 Å². The molecule has 0 aliphatic heterocycles. The second-order valence-corrected chi connectivity index (χ2v) is 6.52. The van der Waals surface area contributed by atoms with Gasteiger partial charge in [0.1, 0.15) is 0 Å². The third-order valence-corrected chi connectivity index (χ3v) is 4.75. The molecule has 0 unspecified atom stereocenters. The fourth-order valence-electron chi connectivity index (χ4n) is 3.42. The van der Waals surface area contributed by atoms with Crippen molar-refractivity contribution in [2.75, 3.05) is 5.32 Å². The van der Waals surface area contributed by atoms with Crippen LogP contribution in [0.25, 0.3) is 22.3 Å². The molecule has 0 saturated heterocycles. The fraction of sp³-hybridized carbons (Fsp3) is 0.125. The zero-order valence-electron chi connectivity index (χ0n) is 14.6. The Morgan fingerprint density at radius 3 is 1.81 bits per heavy atom. The first-order chi connectivity index (χ1) is 12.8. The van der Waals surface area contributed by atoms with E-state index in [-0.39, 0.29) is 5.78 Å². The Morgan fingerprint density at radius 2 is 1.27 bits per heavy atom. The first-order valence-electron chi connectivity index (χ1n) is 9.07. The van der Waals surface area contributed by atoms with Crippen LogP contribution in [0.1, 0.15) is 19.3 Å². The molecular weight excluding hydrogens is 318 g/mol. The number of Topliss-reactive ketones (excluding diaryl/α,β-unsaturated/α-hetero) is 1. The molecule has 0 fully saturated rings. The summed E-state index contributed by atoms with van der Waals surface area (Å²) < 4.78 is 0. The molecule has 0 amide bonds. The number of para-hydroxylation sites is 1. The molecule has 2 heteroatoms. The number of carbonyl (C=O) groups is 1. The standard InChI is InChI=1S/C24H21NO/c26-23-17-8-7-16-22(23)25-24-20(18-10-3-1-4-11-18)14-9-15-21(24)19-12-5-2-6-13-19/h1-6,9-16,25H,7-8,17H2. The highest BCUT2D eigenvalue weighted by molar-refractivity contribution is 6.02. The van der Waals surface area contributed by atoms with Gasteiger partial charge in [0.25, 0.3) is 0 Å². The van der Waals surface area contributed by atoms with E-state index in [9.17, 15) is 4.79 Å². The van der Waals surface area contributed by atoms with E-state index in [4.69, 9.17) is 0 Å². The zero-order chi connectivity index (χ0) is 17.8. The summed E-state index contributed by atoms with van der Waals surface area (Å²) >= 11 is 0. The average Bonchev–Trinajstić information content (AvgIpc) is 2.71. The van der Waals surface area contributed by atoms with Gasteiger partial charge in [0.05, 0.1) is 11.4 Å². The minimum absolute atomic E-state index is 0.193. The number of nitrogens with one attached hydrogen (secondary N) is 1. The van der Waals surface area contributed by atoms with Crippen LogP contribution in [0, 0.1) is 0 Å². The predicted octanol–water partition coefficient (Wildman–Crippen LogP) is 6.07. The predicted molar refractivity (Wildman–Crippen MR) is 108 cm³/mol. The molecule has 26 heavy (non-hydrogen) atoms. The van der Waals surface area contributed by atoms with Crippen molar-refractivity contribution in [3.63, 3.8) is 0 Å². The van der Waals surface area contributed by atoms with Crippen molar-refractivity contribution in [2.45, 2.75) is 19.3 Å². The van der Waals surface area contributed by atoms with E-state index < -0.39 is 0 Å². The Bertz CT molecular complexity index is 885. The van der Waals surface area contributed by atoms with Gasteiger partial charge in [-0.2, -0.15) is 0 Å². The lowest BCUT2D eigenvalue weighted by molar-refractivity contribution is -0.115. The summed E-state index contributed by atoms with van der Waals surface area (Å²) in [4.78, 5) is 12.4. The van der Waals surface area contributed by atoms with Gasteiger partial charge in [0, 0.05) is 17.5 Å². The van der Waals surface area contributed by atoms with E-state index in [2.05, 4.69) is 47.8 Å². The highest BCUT2D eigenvalue weighted by Crippen LogP contribution is 2.38. The number of hydrogen-bond donors (Lipinski definition) is 1. The molecule has 3 aromatic rings. The molecule has 0 atom stereocenters. The molecule has 0 heterocycles. The quantitative estimate of drug-likeness (QED) is 0.625. The number of benzene rings is 3. The van der Waals surface area contributed by atoms with Crippen LogP contribution in [0.15, 0.2) is 90.6 Å². The van der Waals surface area contributed by atoms with Gasteiger partial charge in [0.15, 0.2) is 5.78 Å². The minimum Gasteiger partial charge on any atom is -0.352 e. The fourth-order valence-corrected chi connectivity index (χ4v) is 3.42. The lowest BCUT2D eigenvalue weighted by atomic mass is 9.95. The lowest BCUT2D eigenvalue weighted by Gasteiger charge is -2.20. The zero-order valence-corrected chi connectivity index (χ0v) is 14.6. The van der Waals surface area contributed by atoms with Crippen molar-refractivity contribution in [1.82, 2.24) is 0 Å². The largest absolute Gasteiger partial charge is 0.352 e. The molecule has 3 aromatic carbocycles. The second-order valence-electron chi connectivity index (χ2n) is 6.52. The Kier molecular flexibility index (Phi) is 4.65. The number of ketones is 1.